The summed E-state index contributed by atoms with van der Waals surface area (Å²) in [6.07, 6.45) is 2.13. The van der Waals surface area contributed by atoms with Crippen molar-refractivity contribution in [2.45, 2.75) is 12.8 Å². The Labute approximate surface area is 126 Å². The van der Waals surface area contributed by atoms with E-state index in [1.165, 1.54) is 11.1 Å². The maximum Gasteiger partial charge on any atom is 0.231 e. The van der Waals surface area contributed by atoms with E-state index in [0.717, 1.165) is 37.4 Å². The summed E-state index contributed by atoms with van der Waals surface area (Å²) >= 11 is 0. The van der Waals surface area contributed by atoms with Crippen LogP contribution in [0.1, 0.15) is 11.1 Å². The molecule has 3 heteroatoms. The molecule has 0 N–H and O–H groups in total. The van der Waals surface area contributed by atoms with Crippen LogP contribution in [0, 0.1) is 0 Å². The maximum atomic E-state index is 5.42. The lowest BCUT2D eigenvalue weighted by Crippen LogP contribution is -2.23. The summed E-state index contributed by atoms with van der Waals surface area (Å²) in [6.45, 7) is 2.47. The van der Waals surface area contributed by atoms with Gasteiger partial charge in [0.25, 0.3) is 0 Å². The Morgan fingerprint density at radius 3 is 2.38 bits per heavy atom. The Balaban J connectivity index is 1.46. The van der Waals surface area contributed by atoms with Gasteiger partial charge in [0.05, 0.1) is 0 Å². The molecule has 0 fully saturated rings. The highest BCUT2D eigenvalue weighted by molar-refractivity contribution is 5.44. The zero-order valence-corrected chi connectivity index (χ0v) is 12.4. The Bertz CT molecular complexity index is 583. The fraction of sp³-hybridized carbons (Fsp3) is 0.333. The van der Waals surface area contributed by atoms with Crippen LogP contribution in [-0.2, 0) is 12.8 Å². The van der Waals surface area contributed by atoms with Gasteiger partial charge in [0, 0.05) is 13.1 Å². The van der Waals surface area contributed by atoms with E-state index in [1.807, 2.05) is 6.07 Å². The number of benzene rings is 2. The minimum atomic E-state index is 0.343. The molecule has 2 aromatic carbocycles. The summed E-state index contributed by atoms with van der Waals surface area (Å²) in [7, 11) is 2.18. The zero-order valence-electron chi connectivity index (χ0n) is 12.4. The number of ether oxygens (including phenoxy) is 2. The largest absolute Gasteiger partial charge is 0.454 e. The molecule has 0 amide bonds. The molecule has 0 saturated carbocycles. The molecule has 0 radical (unpaired) electrons. The molecule has 3 nitrogen and oxygen atoms in total. The van der Waals surface area contributed by atoms with Crippen LogP contribution in [0.2, 0.25) is 0 Å². The molecular weight excluding hydrogens is 262 g/mol. The van der Waals surface area contributed by atoms with Crippen LogP contribution in [0.25, 0.3) is 0 Å². The molecule has 1 heterocycles. The molecule has 0 unspecified atom stereocenters. The first-order valence-electron chi connectivity index (χ1n) is 7.42. The number of nitrogens with zero attached hydrogens (tertiary/aromatic N) is 1. The van der Waals surface area contributed by atoms with Crippen LogP contribution in [0.5, 0.6) is 11.5 Å². The van der Waals surface area contributed by atoms with Crippen LogP contribution < -0.4 is 9.47 Å². The standard InChI is InChI=1S/C18H21NO2/c1-19(11-9-15-5-3-2-4-6-15)12-10-16-7-8-17-18(13-16)21-14-20-17/h2-8,13H,9-12,14H2,1H3. The highest BCUT2D eigenvalue weighted by Gasteiger charge is 2.13. The molecule has 110 valence electrons. The second-order valence-corrected chi connectivity index (χ2v) is 5.48. The maximum absolute atomic E-state index is 5.42. The van der Waals surface area contributed by atoms with E-state index in [-0.39, 0.29) is 0 Å². The van der Waals surface area contributed by atoms with Gasteiger partial charge in [-0.1, -0.05) is 36.4 Å². The highest BCUT2D eigenvalue weighted by Crippen LogP contribution is 2.32. The summed E-state index contributed by atoms with van der Waals surface area (Å²) in [5.74, 6) is 1.73. The van der Waals surface area contributed by atoms with E-state index in [4.69, 9.17) is 9.47 Å². The van der Waals surface area contributed by atoms with Gasteiger partial charge in [-0.2, -0.15) is 0 Å². The summed E-state index contributed by atoms with van der Waals surface area (Å²) in [5.41, 5.74) is 2.69. The summed E-state index contributed by atoms with van der Waals surface area (Å²) in [6, 6.07) is 16.8. The van der Waals surface area contributed by atoms with Gasteiger partial charge in [0.15, 0.2) is 11.5 Å². The molecule has 1 aliphatic rings. The van der Waals surface area contributed by atoms with Crippen LogP contribution in [-0.4, -0.2) is 31.8 Å². The van der Waals surface area contributed by atoms with Crippen molar-refractivity contribution >= 4 is 0 Å². The minimum absolute atomic E-state index is 0.343. The average Bonchev–Trinajstić information content (AvgIpc) is 2.99. The van der Waals surface area contributed by atoms with Crippen LogP contribution in [0.3, 0.4) is 0 Å². The van der Waals surface area contributed by atoms with Crippen LogP contribution >= 0.6 is 0 Å². The fourth-order valence-electron chi connectivity index (χ4n) is 2.49. The van der Waals surface area contributed by atoms with Crippen molar-refractivity contribution in [3.05, 3.63) is 59.7 Å². The van der Waals surface area contributed by atoms with Gasteiger partial charge in [0.1, 0.15) is 0 Å². The van der Waals surface area contributed by atoms with Gasteiger partial charge >= 0.3 is 0 Å². The molecule has 21 heavy (non-hydrogen) atoms. The molecule has 3 rings (SSSR count). The summed E-state index contributed by atoms with van der Waals surface area (Å²) in [4.78, 5) is 2.37. The summed E-state index contributed by atoms with van der Waals surface area (Å²) in [5, 5.41) is 0. The number of rotatable bonds is 6. The van der Waals surface area contributed by atoms with E-state index in [1.54, 1.807) is 0 Å². The lowest BCUT2D eigenvalue weighted by atomic mass is 10.1. The second-order valence-electron chi connectivity index (χ2n) is 5.48. The fourth-order valence-corrected chi connectivity index (χ4v) is 2.49. The van der Waals surface area contributed by atoms with E-state index >= 15 is 0 Å². The summed E-state index contributed by atoms with van der Waals surface area (Å²) < 4.78 is 10.7. The first kappa shape index (κ1) is 14.0. The molecule has 2 aromatic rings. The molecule has 1 aliphatic heterocycles. The van der Waals surface area contributed by atoms with Crippen molar-refractivity contribution in [2.24, 2.45) is 0 Å². The number of hydrogen-bond acceptors (Lipinski definition) is 3. The van der Waals surface area contributed by atoms with E-state index in [2.05, 4.69) is 54.4 Å². The molecule has 0 saturated heterocycles. The lowest BCUT2D eigenvalue weighted by molar-refractivity contribution is 0.174. The monoisotopic (exact) mass is 283 g/mol. The molecular formula is C18H21NO2. The lowest BCUT2D eigenvalue weighted by Gasteiger charge is -2.16. The predicted octanol–water partition coefficient (Wildman–Crippen LogP) is 3.13. The van der Waals surface area contributed by atoms with Crippen molar-refractivity contribution in [2.75, 3.05) is 26.9 Å². The molecule has 0 spiro atoms. The van der Waals surface area contributed by atoms with Gasteiger partial charge in [-0.25, -0.2) is 0 Å². The molecule has 0 atom stereocenters. The first-order valence-corrected chi connectivity index (χ1v) is 7.42. The molecule has 0 aliphatic carbocycles. The highest BCUT2D eigenvalue weighted by atomic mass is 16.7. The van der Waals surface area contributed by atoms with Gasteiger partial charge in [0.2, 0.25) is 6.79 Å². The molecule has 0 bridgehead atoms. The zero-order chi connectivity index (χ0) is 14.5. The van der Waals surface area contributed by atoms with E-state index in [0.29, 0.717) is 6.79 Å². The average molecular weight is 283 g/mol. The van der Waals surface area contributed by atoms with Crippen molar-refractivity contribution in [1.29, 1.82) is 0 Å². The van der Waals surface area contributed by atoms with Gasteiger partial charge in [-0.3, -0.25) is 0 Å². The van der Waals surface area contributed by atoms with Gasteiger partial charge in [-0.15, -0.1) is 0 Å². The van der Waals surface area contributed by atoms with Crippen molar-refractivity contribution < 1.29 is 9.47 Å². The Hall–Kier alpha value is -2.00. The van der Waals surface area contributed by atoms with Gasteiger partial charge in [-0.05, 0) is 43.1 Å². The van der Waals surface area contributed by atoms with Crippen LogP contribution in [0.4, 0.5) is 0 Å². The number of likely N-dealkylation sites (N-methyl/N-ethyl adjacent to an activating group) is 1. The van der Waals surface area contributed by atoms with Crippen molar-refractivity contribution in [3.63, 3.8) is 0 Å². The Kier molecular flexibility index (Phi) is 4.41. The SMILES string of the molecule is CN(CCc1ccccc1)CCc1ccc2c(c1)OCO2. The Morgan fingerprint density at radius 2 is 1.57 bits per heavy atom. The smallest absolute Gasteiger partial charge is 0.231 e. The topological polar surface area (TPSA) is 21.7 Å². The normalized spacial score (nSPS) is 12.9. The van der Waals surface area contributed by atoms with Crippen molar-refractivity contribution in [1.82, 2.24) is 4.90 Å². The van der Waals surface area contributed by atoms with Crippen LogP contribution in [0.15, 0.2) is 48.5 Å². The quantitative estimate of drug-likeness (QED) is 0.813. The molecule has 0 aromatic heterocycles. The van der Waals surface area contributed by atoms with E-state index in [9.17, 15) is 0 Å². The third kappa shape index (κ3) is 3.76. The second kappa shape index (κ2) is 6.64. The number of fused-ring (bicyclic) bond motifs is 1. The van der Waals surface area contributed by atoms with E-state index < -0.39 is 0 Å². The number of hydrogen-bond donors (Lipinski definition) is 0. The van der Waals surface area contributed by atoms with Crippen molar-refractivity contribution in [3.8, 4) is 11.5 Å². The first-order chi connectivity index (χ1) is 10.3. The predicted molar refractivity (Wildman–Crippen MR) is 83.9 cm³/mol. The third-order valence-corrected chi connectivity index (χ3v) is 3.84. The minimum Gasteiger partial charge on any atom is -0.454 e. The van der Waals surface area contributed by atoms with Gasteiger partial charge < -0.3 is 14.4 Å². The third-order valence-electron chi connectivity index (χ3n) is 3.84. The Morgan fingerprint density at radius 1 is 0.857 bits per heavy atom.